The Labute approximate surface area is 184 Å². The largest absolute Gasteiger partial charge is 0.488 e. The second-order valence-electron chi connectivity index (χ2n) is 6.28. The second-order valence-corrected chi connectivity index (χ2v) is 6.68. The maximum absolute atomic E-state index is 12.5. The molecule has 0 bridgehead atoms. The lowest BCUT2D eigenvalue weighted by molar-refractivity contribution is -0.123. The molecule has 0 radical (unpaired) electrons. The van der Waals surface area contributed by atoms with Gasteiger partial charge in [-0.3, -0.25) is 20.4 Å². The maximum Gasteiger partial charge on any atom is 0.276 e. The molecule has 3 rings (SSSR count). The van der Waals surface area contributed by atoms with Crippen LogP contribution in [0.15, 0.2) is 72.8 Å². The summed E-state index contributed by atoms with van der Waals surface area (Å²) in [6, 6.07) is 22.4. The van der Waals surface area contributed by atoms with Crippen molar-refractivity contribution in [2.75, 3.05) is 6.61 Å². The molecular formula is C23H18ClN3O4. The van der Waals surface area contributed by atoms with Crippen molar-refractivity contribution in [3.05, 3.63) is 94.5 Å². The lowest BCUT2D eigenvalue weighted by Crippen LogP contribution is -2.44. The van der Waals surface area contributed by atoms with Gasteiger partial charge in [0, 0.05) is 10.6 Å². The SMILES string of the molecule is N#Cc1ccccc1OCC(=O)NNC(=O)c1ccccc1OCc1ccccc1Cl. The zero-order valence-corrected chi connectivity index (χ0v) is 17.1. The first-order valence-electron chi connectivity index (χ1n) is 9.25. The second kappa shape index (κ2) is 10.7. The molecule has 0 spiro atoms. The van der Waals surface area contributed by atoms with E-state index in [1.165, 1.54) is 0 Å². The zero-order valence-electron chi connectivity index (χ0n) is 16.3. The van der Waals surface area contributed by atoms with Gasteiger partial charge in [0.05, 0.1) is 11.1 Å². The molecule has 0 aliphatic rings. The van der Waals surface area contributed by atoms with E-state index in [1.807, 2.05) is 24.3 Å². The van der Waals surface area contributed by atoms with Crippen LogP contribution in [-0.2, 0) is 11.4 Å². The smallest absolute Gasteiger partial charge is 0.276 e. The summed E-state index contributed by atoms with van der Waals surface area (Å²) in [5, 5.41) is 9.60. The Hall–Kier alpha value is -4.02. The third-order valence-electron chi connectivity index (χ3n) is 4.15. The molecular weight excluding hydrogens is 418 g/mol. The number of ether oxygens (including phenoxy) is 2. The van der Waals surface area contributed by atoms with Crippen LogP contribution in [-0.4, -0.2) is 18.4 Å². The van der Waals surface area contributed by atoms with E-state index >= 15 is 0 Å². The summed E-state index contributed by atoms with van der Waals surface area (Å²) in [5.74, 6) is -0.519. The highest BCUT2D eigenvalue weighted by Gasteiger charge is 2.14. The minimum absolute atomic E-state index is 0.183. The first-order chi connectivity index (χ1) is 15.1. The van der Waals surface area contributed by atoms with Crippen molar-refractivity contribution < 1.29 is 19.1 Å². The van der Waals surface area contributed by atoms with Crippen molar-refractivity contribution in [2.24, 2.45) is 0 Å². The zero-order chi connectivity index (χ0) is 22.1. The quantitative estimate of drug-likeness (QED) is 0.552. The van der Waals surface area contributed by atoms with Crippen molar-refractivity contribution in [1.82, 2.24) is 10.9 Å². The number of nitriles is 1. The Balaban J connectivity index is 1.55. The van der Waals surface area contributed by atoms with Gasteiger partial charge in [0.25, 0.3) is 11.8 Å². The molecule has 0 aliphatic heterocycles. The Morgan fingerprint density at radius 3 is 2.32 bits per heavy atom. The van der Waals surface area contributed by atoms with Crippen LogP contribution in [0.25, 0.3) is 0 Å². The van der Waals surface area contributed by atoms with Crippen LogP contribution in [0.1, 0.15) is 21.5 Å². The van der Waals surface area contributed by atoms with Crippen molar-refractivity contribution in [3.63, 3.8) is 0 Å². The molecule has 0 aromatic heterocycles. The minimum Gasteiger partial charge on any atom is -0.488 e. The van der Waals surface area contributed by atoms with Crippen molar-refractivity contribution in [3.8, 4) is 17.6 Å². The van der Waals surface area contributed by atoms with Gasteiger partial charge in [-0.15, -0.1) is 0 Å². The van der Waals surface area contributed by atoms with E-state index in [9.17, 15) is 9.59 Å². The number of amides is 2. The first-order valence-corrected chi connectivity index (χ1v) is 9.62. The average molecular weight is 436 g/mol. The monoisotopic (exact) mass is 435 g/mol. The highest BCUT2D eigenvalue weighted by atomic mass is 35.5. The molecule has 2 N–H and O–H groups in total. The number of hydrogen-bond donors (Lipinski definition) is 2. The molecule has 31 heavy (non-hydrogen) atoms. The molecule has 0 aliphatic carbocycles. The normalized spacial score (nSPS) is 9.94. The van der Waals surface area contributed by atoms with Gasteiger partial charge in [-0.25, -0.2) is 0 Å². The summed E-state index contributed by atoms with van der Waals surface area (Å²) >= 11 is 6.13. The number of hydrogen-bond acceptors (Lipinski definition) is 5. The molecule has 0 atom stereocenters. The number of hydrazine groups is 1. The number of rotatable bonds is 7. The Bertz CT molecular complexity index is 1130. The van der Waals surface area contributed by atoms with Crippen molar-refractivity contribution in [1.29, 1.82) is 5.26 Å². The van der Waals surface area contributed by atoms with Gasteiger partial charge in [-0.2, -0.15) is 5.26 Å². The van der Waals surface area contributed by atoms with Crippen LogP contribution in [0.5, 0.6) is 11.5 Å². The fraction of sp³-hybridized carbons (Fsp3) is 0.0870. The maximum atomic E-state index is 12.5. The number of benzene rings is 3. The average Bonchev–Trinajstić information content (AvgIpc) is 2.81. The highest BCUT2D eigenvalue weighted by Crippen LogP contribution is 2.22. The number of para-hydroxylation sites is 2. The lowest BCUT2D eigenvalue weighted by Gasteiger charge is -2.13. The fourth-order valence-corrected chi connectivity index (χ4v) is 2.80. The van der Waals surface area contributed by atoms with E-state index in [0.717, 1.165) is 5.56 Å². The number of nitrogens with zero attached hydrogens (tertiary/aromatic N) is 1. The summed E-state index contributed by atoms with van der Waals surface area (Å²) in [6.07, 6.45) is 0. The van der Waals surface area contributed by atoms with Crippen LogP contribution in [0.2, 0.25) is 5.02 Å². The molecule has 8 heteroatoms. The van der Waals surface area contributed by atoms with Gasteiger partial charge in [-0.05, 0) is 30.3 Å². The summed E-state index contributed by atoms with van der Waals surface area (Å²) in [5.41, 5.74) is 5.93. The van der Waals surface area contributed by atoms with Crippen LogP contribution >= 0.6 is 11.6 Å². The highest BCUT2D eigenvalue weighted by molar-refractivity contribution is 6.31. The molecule has 0 unspecified atom stereocenters. The van der Waals surface area contributed by atoms with Gasteiger partial charge in [0.15, 0.2) is 6.61 Å². The Morgan fingerprint density at radius 2 is 1.55 bits per heavy atom. The summed E-state index contributed by atoms with van der Waals surface area (Å²) in [7, 11) is 0. The molecule has 3 aromatic carbocycles. The number of nitrogens with one attached hydrogen (secondary N) is 2. The summed E-state index contributed by atoms with van der Waals surface area (Å²) in [6.45, 7) is -0.188. The van der Waals surface area contributed by atoms with Gasteiger partial charge >= 0.3 is 0 Å². The van der Waals surface area contributed by atoms with Crippen LogP contribution < -0.4 is 20.3 Å². The molecule has 0 saturated carbocycles. The van der Waals surface area contributed by atoms with E-state index in [-0.39, 0.29) is 24.5 Å². The first kappa shape index (κ1) is 21.7. The number of carbonyl (C=O) groups is 2. The van der Waals surface area contributed by atoms with Gasteiger partial charge in [-0.1, -0.05) is 54.1 Å². The van der Waals surface area contributed by atoms with E-state index in [2.05, 4.69) is 10.9 Å². The third-order valence-corrected chi connectivity index (χ3v) is 4.52. The van der Waals surface area contributed by atoms with E-state index in [4.69, 9.17) is 26.3 Å². The third kappa shape index (κ3) is 5.98. The van der Waals surface area contributed by atoms with Crippen LogP contribution in [0.3, 0.4) is 0 Å². The van der Waals surface area contributed by atoms with E-state index < -0.39 is 11.8 Å². The Morgan fingerprint density at radius 1 is 0.871 bits per heavy atom. The van der Waals surface area contributed by atoms with Crippen LogP contribution in [0.4, 0.5) is 0 Å². The molecule has 7 nitrogen and oxygen atoms in total. The van der Waals surface area contributed by atoms with Gasteiger partial charge in [0.1, 0.15) is 24.2 Å². The topological polar surface area (TPSA) is 100 Å². The molecule has 3 aromatic rings. The summed E-state index contributed by atoms with van der Waals surface area (Å²) < 4.78 is 11.1. The predicted molar refractivity (Wildman–Crippen MR) is 114 cm³/mol. The minimum atomic E-state index is -0.587. The molecule has 2 amide bonds. The van der Waals surface area contributed by atoms with E-state index in [0.29, 0.717) is 16.3 Å². The Kier molecular flexibility index (Phi) is 7.46. The summed E-state index contributed by atoms with van der Waals surface area (Å²) in [4.78, 5) is 24.5. The lowest BCUT2D eigenvalue weighted by atomic mass is 10.2. The van der Waals surface area contributed by atoms with Gasteiger partial charge in [0.2, 0.25) is 0 Å². The van der Waals surface area contributed by atoms with Crippen molar-refractivity contribution >= 4 is 23.4 Å². The number of halogens is 1. The van der Waals surface area contributed by atoms with E-state index in [1.54, 1.807) is 54.6 Å². The fourth-order valence-electron chi connectivity index (χ4n) is 2.61. The predicted octanol–water partition coefficient (Wildman–Crippen LogP) is 3.63. The number of carbonyl (C=O) groups excluding carboxylic acids is 2. The molecule has 156 valence electrons. The van der Waals surface area contributed by atoms with Crippen molar-refractivity contribution in [2.45, 2.75) is 6.61 Å². The van der Waals surface area contributed by atoms with Crippen LogP contribution in [0, 0.1) is 11.3 Å². The molecule has 0 saturated heterocycles. The molecule has 0 heterocycles. The standard InChI is InChI=1S/C23H18ClN3O4/c24-19-10-4-1-8-17(19)14-30-21-12-6-3-9-18(21)23(29)27-26-22(28)15-31-20-11-5-2-7-16(20)13-25/h1-12H,14-15H2,(H,26,28)(H,27,29). The molecule has 0 fully saturated rings. The van der Waals surface area contributed by atoms with Gasteiger partial charge < -0.3 is 9.47 Å².